The van der Waals surface area contributed by atoms with Crippen LogP contribution in [0.2, 0.25) is 0 Å². The van der Waals surface area contributed by atoms with Crippen LogP contribution in [-0.4, -0.2) is 23.1 Å². The molecular formula is C34H44O4. The highest BCUT2D eigenvalue weighted by Crippen LogP contribution is 2.38. The average Bonchev–Trinajstić information content (AvgIpc) is 2.88. The van der Waals surface area contributed by atoms with E-state index in [-0.39, 0.29) is 47.3 Å². The van der Waals surface area contributed by atoms with Gasteiger partial charge in [-0.1, -0.05) is 70.0 Å². The lowest BCUT2D eigenvalue weighted by molar-refractivity contribution is -0.129. The maximum absolute atomic E-state index is 13.6. The van der Waals surface area contributed by atoms with E-state index < -0.39 is 0 Å². The second kappa shape index (κ2) is 13.8. The minimum Gasteiger partial charge on any atom is -0.300 e. The number of hydrogen-bond acceptors (Lipinski definition) is 4. The molecule has 0 bridgehead atoms. The van der Waals surface area contributed by atoms with Gasteiger partial charge in [0, 0.05) is 29.9 Å². The van der Waals surface area contributed by atoms with Gasteiger partial charge in [-0.2, -0.15) is 0 Å². The Bertz CT molecular complexity index is 1160. The fourth-order valence-electron chi connectivity index (χ4n) is 6.53. The lowest BCUT2D eigenvalue weighted by Crippen LogP contribution is -2.30. The number of fused-ring (bicyclic) bond motifs is 1. The number of hydrogen-bond donors (Lipinski definition) is 0. The molecule has 0 saturated heterocycles. The van der Waals surface area contributed by atoms with E-state index in [4.69, 9.17) is 0 Å². The topological polar surface area (TPSA) is 68.3 Å². The summed E-state index contributed by atoms with van der Waals surface area (Å²) in [5, 5.41) is 0. The third-order valence-electron chi connectivity index (χ3n) is 8.38. The number of Topliss-reactive ketones (excluding diaryl/α,β-unsaturated/α-hetero) is 4. The first-order chi connectivity index (χ1) is 18.2. The summed E-state index contributed by atoms with van der Waals surface area (Å²) in [6.45, 7) is 9.82. The summed E-state index contributed by atoms with van der Waals surface area (Å²) in [7, 11) is 0. The molecule has 0 aromatic heterocycles. The Labute approximate surface area is 228 Å². The lowest BCUT2D eigenvalue weighted by Gasteiger charge is -2.33. The molecule has 0 N–H and O–H groups in total. The molecular weight excluding hydrogens is 472 g/mol. The number of carbonyl (C=O) groups excluding carboxylic acids is 4. The number of benzene rings is 2. The molecule has 0 spiro atoms. The van der Waals surface area contributed by atoms with E-state index in [0.717, 1.165) is 60.8 Å². The van der Waals surface area contributed by atoms with Crippen molar-refractivity contribution in [2.75, 3.05) is 0 Å². The zero-order valence-electron chi connectivity index (χ0n) is 23.9. The van der Waals surface area contributed by atoms with E-state index >= 15 is 0 Å². The number of rotatable bonds is 14. The Morgan fingerprint density at radius 3 is 2.32 bits per heavy atom. The smallest absolute Gasteiger partial charge is 0.163 e. The molecule has 3 atom stereocenters. The van der Waals surface area contributed by atoms with Crippen molar-refractivity contribution in [3.63, 3.8) is 0 Å². The van der Waals surface area contributed by atoms with Gasteiger partial charge in [-0.25, -0.2) is 0 Å². The molecule has 0 fully saturated rings. The van der Waals surface area contributed by atoms with Gasteiger partial charge in [0.05, 0.1) is 6.42 Å². The van der Waals surface area contributed by atoms with Gasteiger partial charge in [0.1, 0.15) is 11.6 Å². The Kier molecular flexibility index (Phi) is 10.8. The summed E-state index contributed by atoms with van der Waals surface area (Å²) >= 11 is 0. The molecule has 3 rings (SSSR count). The van der Waals surface area contributed by atoms with Crippen LogP contribution in [0.25, 0.3) is 0 Å². The van der Waals surface area contributed by atoms with Crippen molar-refractivity contribution in [3.05, 3.63) is 69.8 Å². The molecule has 38 heavy (non-hydrogen) atoms. The van der Waals surface area contributed by atoms with E-state index in [1.54, 1.807) is 0 Å². The van der Waals surface area contributed by atoms with Gasteiger partial charge in [0.15, 0.2) is 11.6 Å². The molecule has 204 valence electrons. The molecule has 2 aromatic rings. The minimum atomic E-state index is -0.118. The minimum absolute atomic E-state index is 0.0138. The molecule has 1 aliphatic carbocycles. The fourth-order valence-corrected chi connectivity index (χ4v) is 6.53. The molecule has 2 aromatic carbocycles. The third kappa shape index (κ3) is 7.15. The molecule has 0 amide bonds. The molecule has 3 unspecified atom stereocenters. The van der Waals surface area contributed by atoms with E-state index in [2.05, 4.69) is 19.9 Å². The summed E-state index contributed by atoms with van der Waals surface area (Å²) < 4.78 is 0. The SMILES string of the molecule is CCCC(CC1CC(=O)c2c(C)c(CCC(=O)c3ccccc3)cc(CC)c2C1)C(CC)C(=O)CC(C)=O. The quantitative estimate of drug-likeness (QED) is 0.193. The summed E-state index contributed by atoms with van der Waals surface area (Å²) in [4.78, 5) is 50.8. The maximum Gasteiger partial charge on any atom is 0.163 e. The van der Waals surface area contributed by atoms with Crippen molar-refractivity contribution in [3.8, 4) is 0 Å². The third-order valence-corrected chi connectivity index (χ3v) is 8.38. The van der Waals surface area contributed by atoms with Crippen LogP contribution in [0, 0.1) is 24.7 Å². The molecule has 0 saturated carbocycles. The normalized spacial score (nSPS) is 16.6. The van der Waals surface area contributed by atoms with Gasteiger partial charge in [-0.15, -0.1) is 0 Å². The van der Waals surface area contributed by atoms with Gasteiger partial charge in [-0.3, -0.25) is 19.2 Å². The van der Waals surface area contributed by atoms with E-state index in [9.17, 15) is 19.2 Å². The van der Waals surface area contributed by atoms with Crippen LogP contribution in [0.15, 0.2) is 36.4 Å². The van der Waals surface area contributed by atoms with E-state index in [1.165, 1.54) is 18.1 Å². The summed E-state index contributed by atoms with van der Waals surface area (Å²) in [5.41, 5.74) is 6.09. The monoisotopic (exact) mass is 516 g/mol. The van der Waals surface area contributed by atoms with Crippen LogP contribution in [-0.2, 0) is 28.9 Å². The summed E-state index contributed by atoms with van der Waals surface area (Å²) in [6, 6.07) is 11.6. The average molecular weight is 517 g/mol. The predicted molar refractivity (Wildman–Crippen MR) is 153 cm³/mol. The van der Waals surface area contributed by atoms with Gasteiger partial charge in [-0.05, 0) is 80.0 Å². The number of ketones is 4. The Hall–Kier alpha value is -2.88. The Balaban J connectivity index is 1.82. The van der Waals surface area contributed by atoms with Crippen LogP contribution in [0.4, 0.5) is 0 Å². The largest absolute Gasteiger partial charge is 0.300 e. The second-order valence-electron chi connectivity index (χ2n) is 11.2. The van der Waals surface area contributed by atoms with Crippen LogP contribution in [0.3, 0.4) is 0 Å². The van der Waals surface area contributed by atoms with Crippen LogP contribution in [0.1, 0.15) is 116 Å². The van der Waals surface area contributed by atoms with E-state index in [1.807, 2.05) is 44.2 Å². The van der Waals surface area contributed by atoms with Gasteiger partial charge >= 0.3 is 0 Å². The second-order valence-corrected chi connectivity index (χ2v) is 11.2. The first kappa shape index (κ1) is 29.7. The highest BCUT2D eigenvalue weighted by molar-refractivity contribution is 6.01. The van der Waals surface area contributed by atoms with Gasteiger partial charge < -0.3 is 0 Å². The zero-order chi connectivity index (χ0) is 27.8. The van der Waals surface area contributed by atoms with Crippen molar-refractivity contribution in [1.82, 2.24) is 0 Å². The molecule has 4 nitrogen and oxygen atoms in total. The van der Waals surface area contributed by atoms with Crippen molar-refractivity contribution in [1.29, 1.82) is 0 Å². The number of aryl methyl sites for hydroxylation is 2. The van der Waals surface area contributed by atoms with Gasteiger partial charge in [0.25, 0.3) is 0 Å². The van der Waals surface area contributed by atoms with Crippen molar-refractivity contribution >= 4 is 23.1 Å². The Morgan fingerprint density at radius 2 is 1.71 bits per heavy atom. The van der Waals surface area contributed by atoms with Crippen molar-refractivity contribution in [2.45, 2.75) is 98.8 Å². The van der Waals surface area contributed by atoms with Crippen molar-refractivity contribution in [2.24, 2.45) is 17.8 Å². The van der Waals surface area contributed by atoms with Gasteiger partial charge in [0.2, 0.25) is 0 Å². The van der Waals surface area contributed by atoms with Crippen LogP contribution in [0.5, 0.6) is 0 Å². The number of carbonyl (C=O) groups is 4. The zero-order valence-corrected chi connectivity index (χ0v) is 23.9. The lowest BCUT2D eigenvalue weighted by atomic mass is 9.70. The van der Waals surface area contributed by atoms with E-state index in [0.29, 0.717) is 19.3 Å². The molecule has 4 heteroatoms. The predicted octanol–water partition coefficient (Wildman–Crippen LogP) is 7.50. The van der Waals surface area contributed by atoms with Crippen LogP contribution < -0.4 is 0 Å². The molecule has 1 aliphatic rings. The Morgan fingerprint density at radius 1 is 1.00 bits per heavy atom. The molecule has 0 radical (unpaired) electrons. The van der Waals surface area contributed by atoms with Crippen LogP contribution >= 0.6 is 0 Å². The summed E-state index contributed by atoms with van der Waals surface area (Å²) in [5.74, 6) is 0.589. The van der Waals surface area contributed by atoms with Crippen molar-refractivity contribution < 1.29 is 19.2 Å². The first-order valence-electron chi connectivity index (χ1n) is 14.5. The fraction of sp³-hybridized carbons (Fsp3) is 0.529. The summed E-state index contributed by atoms with van der Waals surface area (Å²) in [6.07, 6.45) is 6.77. The highest BCUT2D eigenvalue weighted by atomic mass is 16.1. The molecule has 0 aliphatic heterocycles. The maximum atomic E-state index is 13.6. The highest BCUT2D eigenvalue weighted by Gasteiger charge is 2.34. The first-order valence-corrected chi connectivity index (χ1v) is 14.5. The standard InChI is InChI=1S/C34H44O4/c1-6-12-28(29(8-3)32(37)17-22(4)35)18-24-19-30-25(7-2)21-27(23(5)34(30)33(38)20-24)15-16-31(36)26-13-10-9-11-14-26/h9-11,13-14,21,24,28-29H,6-8,12,15-20H2,1-5H3. The molecule has 0 heterocycles.